The van der Waals surface area contributed by atoms with E-state index in [1.165, 1.54) is 32.4 Å². The van der Waals surface area contributed by atoms with Crippen molar-refractivity contribution in [3.8, 4) is 0 Å². The van der Waals surface area contributed by atoms with Crippen LogP contribution in [0.1, 0.15) is 25.0 Å². The van der Waals surface area contributed by atoms with Gasteiger partial charge in [0.25, 0.3) is 0 Å². The fourth-order valence-electron chi connectivity index (χ4n) is 3.37. The predicted octanol–water partition coefficient (Wildman–Crippen LogP) is 2.32. The highest BCUT2D eigenvalue weighted by molar-refractivity contribution is 7.99. The van der Waals surface area contributed by atoms with Gasteiger partial charge in [0.2, 0.25) is 0 Å². The molecule has 2 N–H and O–H groups in total. The van der Waals surface area contributed by atoms with Gasteiger partial charge in [-0.25, -0.2) is 0 Å². The SMILES string of the molecule is OCCSc1ccc(COCC2CC2C2CCNCC2)nc1. The van der Waals surface area contributed by atoms with Crippen LogP contribution in [0.25, 0.3) is 0 Å². The van der Waals surface area contributed by atoms with Crippen LogP contribution in [-0.4, -0.2) is 42.1 Å². The minimum absolute atomic E-state index is 0.204. The molecule has 2 atom stereocenters. The van der Waals surface area contributed by atoms with Gasteiger partial charge in [0.05, 0.1) is 25.5 Å². The first-order chi connectivity index (χ1) is 10.9. The van der Waals surface area contributed by atoms with Gasteiger partial charge >= 0.3 is 0 Å². The summed E-state index contributed by atoms with van der Waals surface area (Å²) in [5.41, 5.74) is 0.993. The number of aliphatic hydroxyl groups is 1. The number of piperidine rings is 1. The van der Waals surface area contributed by atoms with Crippen molar-refractivity contribution in [2.75, 3.05) is 32.1 Å². The van der Waals surface area contributed by atoms with Gasteiger partial charge in [0, 0.05) is 16.8 Å². The first-order valence-corrected chi connectivity index (χ1v) is 9.32. The molecule has 0 amide bonds. The molecule has 3 rings (SSSR count). The van der Waals surface area contributed by atoms with Crippen LogP contribution < -0.4 is 5.32 Å². The standard InChI is InChI=1S/C17H26N2O2S/c20-7-8-22-16-2-1-15(19-10-16)12-21-11-14-9-17(14)13-3-5-18-6-4-13/h1-2,10,13-14,17-18,20H,3-9,11-12H2. The molecule has 1 aromatic heterocycles. The van der Waals surface area contributed by atoms with E-state index >= 15 is 0 Å². The summed E-state index contributed by atoms with van der Waals surface area (Å²) in [6, 6.07) is 4.08. The van der Waals surface area contributed by atoms with Crippen molar-refractivity contribution in [1.29, 1.82) is 0 Å². The number of aromatic nitrogens is 1. The van der Waals surface area contributed by atoms with Crippen molar-refractivity contribution >= 4 is 11.8 Å². The third-order valence-corrected chi connectivity index (χ3v) is 5.67. The summed E-state index contributed by atoms with van der Waals surface area (Å²) in [6.45, 7) is 4.09. The first kappa shape index (κ1) is 16.2. The van der Waals surface area contributed by atoms with Crippen LogP contribution in [0.2, 0.25) is 0 Å². The zero-order chi connectivity index (χ0) is 15.2. The van der Waals surface area contributed by atoms with Gasteiger partial charge in [-0.1, -0.05) is 0 Å². The Bertz CT molecular complexity index is 448. The molecular formula is C17H26N2O2S. The quantitative estimate of drug-likeness (QED) is 0.720. The van der Waals surface area contributed by atoms with Crippen molar-refractivity contribution < 1.29 is 9.84 Å². The van der Waals surface area contributed by atoms with Gasteiger partial charge in [0.15, 0.2) is 0 Å². The molecule has 2 unspecified atom stereocenters. The molecule has 5 heteroatoms. The Morgan fingerprint density at radius 2 is 2.18 bits per heavy atom. The number of thioether (sulfide) groups is 1. The number of ether oxygens (including phenoxy) is 1. The third-order valence-electron chi connectivity index (χ3n) is 4.71. The lowest BCUT2D eigenvalue weighted by atomic mass is 9.92. The molecule has 1 saturated heterocycles. The van der Waals surface area contributed by atoms with E-state index in [0.717, 1.165) is 40.7 Å². The van der Waals surface area contributed by atoms with Gasteiger partial charge in [-0.05, 0) is 62.2 Å². The number of nitrogens with one attached hydrogen (secondary N) is 1. The van der Waals surface area contributed by atoms with Gasteiger partial charge in [-0.3, -0.25) is 4.98 Å². The van der Waals surface area contributed by atoms with Crippen LogP contribution >= 0.6 is 11.8 Å². The van der Waals surface area contributed by atoms with E-state index < -0.39 is 0 Å². The molecule has 1 aromatic rings. The van der Waals surface area contributed by atoms with Gasteiger partial charge in [-0.2, -0.15) is 0 Å². The lowest BCUT2D eigenvalue weighted by molar-refractivity contribution is 0.101. The second-order valence-electron chi connectivity index (χ2n) is 6.32. The maximum absolute atomic E-state index is 8.81. The molecule has 0 bridgehead atoms. The molecule has 0 spiro atoms. The molecule has 1 saturated carbocycles. The minimum Gasteiger partial charge on any atom is -0.396 e. The maximum Gasteiger partial charge on any atom is 0.0887 e. The molecule has 2 heterocycles. The van der Waals surface area contributed by atoms with Gasteiger partial charge in [-0.15, -0.1) is 11.8 Å². The number of hydrogen-bond donors (Lipinski definition) is 2. The largest absolute Gasteiger partial charge is 0.396 e. The smallest absolute Gasteiger partial charge is 0.0887 e. The van der Waals surface area contributed by atoms with Gasteiger partial charge in [0.1, 0.15) is 0 Å². The van der Waals surface area contributed by atoms with Crippen molar-refractivity contribution in [3.05, 3.63) is 24.0 Å². The number of hydrogen-bond acceptors (Lipinski definition) is 5. The summed E-state index contributed by atoms with van der Waals surface area (Å²) >= 11 is 1.63. The normalized spacial score (nSPS) is 25.3. The van der Waals surface area contributed by atoms with E-state index in [1.54, 1.807) is 11.8 Å². The average Bonchev–Trinajstić information content (AvgIpc) is 3.34. The predicted molar refractivity (Wildman–Crippen MR) is 88.9 cm³/mol. The average molecular weight is 322 g/mol. The summed E-state index contributed by atoms with van der Waals surface area (Å²) in [5, 5.41) is 12.2. The van der Waals surface area contributed by atoms with E-state index in [1.807, 2.05) is 12.3 Å². The molecule has 2 fully saturated rings. The number of nitrogens with zero attached hydrogens (tertiary/aromatic N) is 1. The Hall–Kier alpha value is -0.620. The molecule has 22 heavy (non-hydrogen) atoms. The van der Waals surface area contributed by atoms with Crippen molar-refractivity contribution in [2.24, 2.45) is 17.8 Å². The van der Waals surface area contributed by atoms with Crippen molar-refractivity contribution in [1.82, 2.24) is 10.3 Å². The number of pyridine rings is 1. The fraction of sp³-hybridized carbons (Fsp3) is 0.706. The number of aliphatic hydroxyl groups excluding tert-OH is 1. The molecule has 122 valence electrons. The summed E-state index contributed by atoms with van der Waals surface area (Å²) in [4.78, 5) is 5.52. The zero-order valence-electron chi connectivity index (χ0n) is 13.0. The summed E-state index contributed by atoms with van der Waals surface area (Å²) in [5.74, 6) is 3.34. The van der Waals surface area contributed by atoms with Crippen LogP contribution in [0.15, 0.2) is 23.2 Å². The van der Waals surface area contributed by atoms with E-state index in [-0.39, 0.29) is 6.61 Å². The molecule has 1 aliphatic carbocycles. The Balaban J connectivity index is 1.33. The summed E-state index contributed by atoms with van der Waals surface area (Å²) in [6.07, 6.45) is 5.91. The summed E-state index contributed by atoms with van der Waals surface area (Å²) in [7, 11) is 0. The third kappa shape index (κ3) is 4.69. The molecule has 0 aromatic carbocycles. The molecule has 2 aliphatic rings. The lowest BCUT2D eigenvalue weighted by Gasteiger charge is -2.22. The van der Waals surface area contributed by atoms with E-state index in [0.29, 0.717) is 6.61 Å². The lowest BCUT2D eigenvalue weighted by Crippen LogP contribution is -2.29. The zero-order valence-corrected chi connectivity index (χ0v) is 13.9. The van der Waals surface area contributed by atoms with Crippen LogP contribution in [0.3, 0.4) is 0 Å². The number of rotatable bonds is 8. The first-order valence-electron chi connectivity index (χ1n) is 8.34. The Morgan fingerprint density at radius 1 is 1.32 bits per heavy atom. The van der Waals surface area contributed by atoms with E-state index in [9.17, 15) is 0 Å². The van der Waals surface area contributed by atoms with Crippen LogP contribution in [-0.2, 0) is 11.3 Å². The second kappa shape index (κ2) is 8.29. The van der Waals surface area contributed by atoms with E-state index in [4.69, 9.17) is 9.84 Å². The monoisotopic (exact) mass is 322 g/mol. The molecule has 4 nitrogen and oxygen atoms in total. The Morgan fingerprint density at radius 3 is 2.91 bits per heavy atom. The minimum atomic E-state index is 0.204. The molecular weight excluding hydrogens is 296 g/mol. The van der Waals surface area contributed by atoms with Crippen LogP contribution in [0.5, 0.6) is 0 Å². The van der Waals surface area contributed by atoms with E-state index in [2.05, 4.69) is 16.4 Å². The maximum atomic E-state index is 8.81. The van der Waals surface area contributed by atoms with Crippen molar-refractivity contribution in [3.63, 3.8) is 0 Å². The van der Waals surface area contributed by atoms with Gasteiger partial charge < -0.3 is 15.2 Å². The Kier molecular flexibility index (Phi) is 6.12. The highest BCUT2D eigenvalue weighted by atomic mass is 32.2. The second-order valence-corrected chi connectivity index (χ2v) is 7.49. The fourth-order valence-corrected chi connectivity index (χ4v) is 3.99. The molecule has 0 radical (unpaired) electrons. The molecule has 1 aliphatic heterocycles. The Labute approximate surface area is 137 Å². The van der Waals surface area contributed by atoms with Crippen molar-refractivity contribution in [2.45, 2.75) is 30.8 Å². The topological polar surface area (TPSA) is 54.4 Å². The highest BCUT2D eigenvalue weighted by Crippen LogP contribution is 2.47. The van der Waals surface area contributed by atoms with Crippen LogP contribution in [0, 0.1) is 17.8 Å². The van der Waals surface area contributed by atoms with Crippen LogP contribution in [0.4, 0.5) is 0 Å². The highest BCUT2D eigenvalue weighted by Gasteiger charge is 2.42. The summed E-state index contributed by atoms with van der Waals surface area (Å²) < 4.78 is 5.86.